The molecule has 0 radical (unpaired) electrons. The SMILES string of the molecule is CCCCCC1CCC(C2CCC(C3CCC(C(F)(F)Oc4cc(F)c(-c5ccc(Cl)c(F)c5)c(F)c4)CC3)CC2)CC1. The van der Waals surface area contributed by atoms with E-state index < -0.39 is 40.8 Å². The number of hydrogen-bond acceptors (Lipinski definition) is 1. The number of rotatable bonds is 10. The van der Waals surface area contributed by atoms with E-state index in [2.05, 4.69) is 6.92 Å². The molecule has 0 aromatic heterocycles. The van der Waals surface area contributed by atoms with Crippen LogP contribution in [0.3, 0.4) is 0 Å². The Balaban J connectivity index is 1.08. The van der Waals surface area contributed by atoms with E-state index in [-0.39, 0.29) is 10.6 Å². The fourth-order valence-electron chi connectivity index (χ4n) is 8.42. The molecule has 0 unspecified atom stereocenters. The number of halogens is 6. The highest BCUT2D eigenvalue weighted by molar-refractivity contribution is 6.30. The quantitative estimate of drug-likeness (QED) is 0.189. The average Bonchev–Trinajstić information content (AvgIpc) is 2.99. The predicted octanol–water partition coefficient (Wildman–Crippen LogP) is 12.4. The molecule has 3 aliphatic rings. The maximum atomic E-state index is 15.2. The van der Waals surface area contributed by atoms with Gasteiger partial charge in [0.05, 0.1) is 16.5 Å². The molecular weight excluding hydrogens is 579 g/mol. The fourth-order valence-corrected chi connectivity index (χ4v) is 8.54. The summed E-state index contributed by atoms with van der Waals surface area (Å²) in [6, 6.07) is 4.84. The van der Waals surface area contributed by atoms with Gasteiger partial charge in [-0.05, 0) is 111 Å². The second kappa shape index (κ2) is 14.5. The van der Waals surface area contributed by atoms with Crippen molar-refractivity contribution < 1.29 is 26.7 Å². The Morgan fingerprint density at radius 2 is 1.21 bits per heavy atom. The maximum absolute atomic E-state index is 15.2. The van der Waals surface area contributed by atoms with Gasteiger partial charge in [0.2, 0.25) is 0 Å². The zero-order valence-corrected chi connectivity index (χ0v) is 26.1. The van der Waals surface area contributed by atoms with E-state index in [1.807, 2.05) is 0 Å². The molecule has 1 nitrogen and oxygen atoms in total. The lowest BCUT2D eigenvalue weighted by molar-refractivity contribution is -0.224. The van der Waals surface area contributed by atoms with Gasteiger partial charge >= 0.3 is 6.11 Å². The highest BCUT2D eigenvalue weighted by Crippen LogP contribution is 2.48. The van der Waals surface area contributed by atoms with E-state index in [1.54, 1.807) is 0 Å². The fraction of sp³-hybridized carbons (Fsp3) is 0.667. The van der Waals surface area contributed by atoms with Crippen LogP contribution in [-0.4, -0.2) is 6.11 Å². The van der Waals surface area contributed by atoms with Crippen LogP contribution in [0.1, 0.15) is 110 Å². The molecule has 5 rings (SSSR count). The highest BCUT2D eigenvalue weighted by atomic mass is 35.5. The Kier molecular flexibility index (Phi) is 11.0. The van der Waals surface area contributed by atoms with Crippen LogP contribution < -0.4 is 4.74 Å². The molecule has 2 aromatic rings. The largest absolute Gasteiger partial charge is 0.432 e. The third kappa shape index (κ3) is 8.07. The van der Waals surface area contributed by atoms with Crippen molar-refractivity contribution in [2.24, 2.45) is 35.5 Å². The normalized spacial score (nSPS) is 28.5. The molecule has 0 atom stereocenters. The minimum atomic E-state index is -3.54. The van der Waals surface area contributed by atoms with E-state index in [9.17, 15) is 13.2 Å². The third-order valence-electron chi connectivity index (χ3n) is 11.0. The standard InChI is InChI=1S/C36H46ClF5O/c1-2-3-4-5-23-6-8-24(9-7-23)25-10-12-26(13-11-25)27-14-17-29(18-15-27)36(41,42)43-30-21-33(39)35(34(40)22-30)28-16-19-31(37)32(38)20-28/h16,19-27,29H,2-15,17-18H2,1H3. The Morgan fingerprint density at radius 1 is 0.698 bits per heavy atom. The third-order valence-corrected chi connectivity index (χ3v) is 11.3. The highest BCUT2D eigenvalue weighted by Gasteiger charge is 2.45. The minimum Gasteiger partial charge on any atom is -0.432 e. The van der Waals surface area contributed by atoms with Crippen molar-refractivity contribution in [3.05, 3.63) is 52.8 Å². The van der Waals surface area contributed by atoms with E-state index in [1.165, 1.54) is 89.2 Å². The lowest BCUT2D eigenvalue weighted by atomic mass is 9.65. The van der Waals surface area contributed by atoms with Gasteiger partial charge < -0.3 is 4.74 Å². The molecule has 3 saturated carbocycles. The first-order chi connectivity index (χ1) is 20.6. The smallest absolute Gasteiger partial charge is 0.400 e. The summed E-state index contributed by atoms with van der Waals surface area (Å²) in [5.74, 6) is -0.866. The number of ether oxygens (including phenoxy) is 1. The maximum Gasteiger partial charge on any atom is 0.400 e. The molecule has 43 heavy (non-hydrogen) atoms. The van der Waals surface area contributed by atoms with Crippen molar-refractivity contribution in [3.63, 3.8) is 0 Å². The van der Waals surface area contributed by atoms with Crippen LogP contribution >= 0.6 is 11.6 Å². The van der Waals surface area contributed by atoms with Gasteiger partial charge in [-0.1, -0.05) is 63.1 Å². The van der Waals surface area contributed by atoms with E-state index in [4.69, 9.17) is 16.3 Å². The van der Waals surface area contributed by atoms with Crippen LogP contribution in [0.15, 0.2) is 30.3 Å². The summed E-state index contributed by atoms with van der Waals surface area (Å²) in [7, 11) is 0. The van der Waals surface area contributed by atoms with Gasteiger partial charge in [-0.25, -0.2) is 13.2 Å². The molecule has 0 amide bonds. The molecular formula is C36H46ClF5O. The first-order valence-corrected chi connectivity index (χ1v) is 17.0. The summed E-state index contributed by atoms with van der Waals surface area (Å²) in [6.45, 7) is 2.27. The van der Waals surface area contributed by atoms with Crippen molar-refractivity contribution in [2.45, 2.75) is 116 Å². The van der Waals surface area contributed by atoms with E-state index in [0.29, 0.717) is 24.7 Å². The molecule has 7 heteroatoms. The average molecular weight is 625 g/mol. The molecule has 0 bridgehead atoms. The Hall–Kier alpha value is -1.82. The van der Waals surface area contributed by atoms with Crippen molar-refractivity contribution in [1.82, 2.24) is 0 Å². The van der Waals surface area contributed by atoms with Gasteiger partial charge in [0.1, 0.15) is 23.2 Å². The molecule has 0 aliphatic heterocycles. The summed E-state index contributed by atoms with van der Waals surface area (Å²) in [6.07, 6.45) is 14.7. The molecule has 3 aliphatic carbocycles. The zero-order valence-electron chi connectivity index (χ0n) is 25.3. The van der Waals surface area contributed by atoms with Crippen molar-refractivity contribution in [2.75, 3.05) is 0 Å². The number of hydrogen-bond donors (Lipinski definition) is 0. The van der Waals surface area contributed by atoms with Crippen molar-refractivity contribution in [1.29, 1.82) is 0 Å². The van der Waals surface area contributed by atoms with E-state index in [0.717, 1.165) is 48.8 Å². The first-order valence-electron chi connectivity index (χ1n) is 16.7. The van der Waals surface area contributed by atoms with Crippen molar-refractivity contribution in [3.8, 4) is 16.9 Å². The van der Waals surface area contributed by atoms with Gasteiger partial charge in [-0.15, -0.1) is 0 Å². The van der Waals surface area contributed by atoms with Gasteiger partial charge in [0, 0.05) is 12.1 Å². The lowest BCUT2D eigenvalue weighted by Gasteiger charge is -2.42. The van der Waals surface area contributed by atoms with Crippen LogP contribution in [0.5, 0.6) is 5.75 Å². The molecule has 2 aromatic carbocycles. The van der Waals surface area contributed by atoms with Crippen LogP contribution in [0, 0.1) is 53.0 Å². The summed E-state index contributed by atoms with van der Waals surface area (Å²) < 4.78 is 78.7. The summed E-state index contributed by atoms with van der Waals surface area (Å²) in [4.78, 5) is 0. The van der Waals surface area contributed by atoms with Crippen LogP contribution in [0.4, 0.5) is 22.0 Å². The molecule has 238 valence electrons. The molecule has 3 fully saturated rings. The number of alkyl halides is 2. The van der Waals surface area contributed by atoms with Gasteiger partial charge in [-0.3, -0.25) is 0 Å². The Labute approximate surface area is 258 Å². The predicted molar refractivity (Wildman–Crippen MR) is 163 cm³/mol. The van der Waals surface area contributed by atoms with Gasteiger partial charge in [0.15, 0.2) is 0 Å². The summed E-state index contributed by atoms with van der Waals surface area (Å²) in [5.41, 5.74) is -0.593. The molecule has 0 N–H and O–H groups in total. The molecule has 0 heterocycles. The summed E-state index contributed by atoms with van der Waals surface area (Å²) in [5, 5.41) is -0.183. The molecule has 0 spiro atoms. The number of unbranched alkanes of at least 4 members (excludes halogenated alkanes) is 2. The first kappa shape index (κ1) is 32.6. The monoisotopic (exact) mass is 624 g/mol. The second-order valence-corrected chi connectivity index (χ2v) is 14.0. The Morgan fingerprint density at radius 3 is 1.72 bits per heavy atom. The van der Waals surface area contributed by atoms with E-state index >= 15 is 8.78 Å². The summed E-state index contributed by atoms with van der Waals surface area (Å²) >= 11 is 5.66. The lowest BCUT2D eigenvalue weighted by Crippen LogP contribution is -2.38. The van der Waals surface area contributed by atoms with Gasteiger partial charge in [-0.2, -0.15) is 8.78 Å². The van der Waals surface area contributed by atoms with Crippen LogP contribution in [0.2, 0.25) is 5.02 Å². The van der Waals surface area contributed by atoms with Gasteiger partial charge in [0.25, 0.3) is 0 Å². The number of benzene rings is 2. The van der Waals surface area contributed by atoms with Crippen LogP contribution in [-0.2, 0) is 0 Å². The van der Waals surface area contributed by atoms with Crippen molar-refractivity contribution >= 4 is 11.6 Å². The zero-order chi connectivity index (χ0) is 30.6. The molecule has 0 saturated heterocycles. The Bertz CT molecular complexity index is 1170. The minimum absolute atomic E-state index is 0.0762. The van der Waals surface area contributed by atoms with Crippen LogP contribution in [0.25, 0.3) is 11.1 Å². The topological polar surface area (TPSA) is 9.23 Å². The second-order valence-electron chi connectivity index (χ2n) is 13.6.